The van der Waals surface area contributed by atoms with Crippen LogP contribution in [0, 0.1) is 6.92 Å². The van der Waals surface area contributed by atoms with Crippen LogP contribution in [-0.2, 0) is 6.42 Å². The quantitative estimate of drug-likeness (QED) is 0.225. The fraction of sp³-hybridized carbons (Fsp3) is 0.281. The standard InChI is InChI=1S/C17H19ClN2S.C15H16O4/c1-19(2)10-5-11-20-14-6-3-4-7-16(14)21-17-9-8-13(18)12-15(17)20;1-8(2)4-5-10-11(16)7-13-14(15(10)18)12(17)6-9(3)19-13/h3-4,6-9,12H,5,10-11H2,1-2H3;4,6-7,16,18H,5H2,1-3H3. The number of nitrogens with zero attached hydrogens (tertiary/aromatic N) is 2. The van der Waals surface area contributed by atoms with Crippen LogP contribution in [0.1, 0.15) is 31.6 Å². The van der Waals surface area contributed by atoms with Crippen molar-refractivity contribution in [1.82, 2.24) is 4.90 Å². The molecule has 3 aromatic carbocycles. The van der Waals surface area contributed by atoms with Gasteiger partial charge in [0.25, 0.3) is 0 Å². The van der Waals surface area contributed by atoms with E-state index in [9.17, 15) is 15.0 Å². The molecule has 0 saturated heterocycles. The molecule has 0 fully saturated rings. The average Bonchev–Trinajstić information content (AvgIpc) is 2.88. The maximum atomic E-state index is 11.9. The van der Waals surface area contributed by atoms with Crippen molar-refractivity contribution in [1.29, 1.82) is 0 Å². The Bertz CT molecular complexity index is 1610. The monoisotopic (exact) mass is 578 g/mol. The highest BCUT2D eigenvalue weighted by atomic mass is 35.5. The van der Waals surface area contributed by atoms with Crippen molar-refractivity contribution in [3.63, 3.8) is 0 Å². The van der Waals surface area contributed by atoms with E-state index in [4.69, 9.17) is 16.0 Å². The molecule has 0 spiro atoms. The summed E-state index contributed by atoms with van der Waals surface area (Å²) >= 11 is 8.03. The number of rotatable bonds is 6. The van der Waals surface area contributed by atoms with E-state index < -0.39 is 0 Å². The summed E-state index contributed by atoms with van der Waals surface area (Å²) in [6.07, 6.45) is 3.36. The van der Waals surface area contributed by atoms with Crippen molar-refractivity contribution in [2.24, 2.45) is 0 Å². The maximum Gasteiger partial charge on any atom is 0.196 e. The van der Waals surface area contributed by atoms with Crippen LogP contribution in [0.15, 0.2) is 85.2 Å². The Morgan fingerprint density at radius 2 is 1.77 bits per heavy atom. The fourth-order valence-corrected chi connectivity index (χ4v) is 5.79. The molecule has 6 nitrogen and oxygen atoms in total. The molecule has 0 aliphatic carbocycles. The van der Waals surface area contributed by atoms with Gasteiger partial charge in [-0.3, -0.25) is 4.79 Å². The van der Waals surface area contributed by atoms with E-state index in [-0.39, 0.29) is 27.9 Å². The number of para-hydroxylation sites is 1. The molecule has 2 heterocycles. The van der Waals surface area contributed by atoms with Crippen LogP contribution in [0.3, 0.4) is 0 Å². The lowest BCUT2D eigenvalue weighted by Gasteiger charge is -2.33. The molecule has 8 heteroatoms. The van der Waals surface area contributed by atoms with Crippen LogP contribution in [0.4, 0.5) is 11.4 Å². The number of phenols is 2. The third kappa shape index (κ3) is 6.84. The highest BCUT2D eigenvalue weighted by molar-refractivity contribution is 7.99. The van der Waals surface area contributed by atoms with Crippen LogP contribution in [0.25, 0.3) is 11.0 Å². The van der Waals surface area contributed by atoms with Crippen LogP contribution in [-0.4, -0.2) is 42.3 Å². The van der Waals surface area contributed by atoms with Crippen molar-refractivity contribution < 1.29 is 14.6 Å². The van der Waals surface area contributed by atoms with Gasteiger partial charge in [0.15, 0.2) is 5.43 Å². The number of fused-ring (bicyclic) bond motifs is 3. The second-order valence-electron chi connectivity index (χ2n) is 10.3. The molecular formula is C32H35ClN2O4S. The molecule has 5 rings (SSSR count). The van der Waals surface area contributed by atoms with Gasteiger partial charge in [0.05, 0.1) is 11.4 Å². The Hall–Kier alpha value is -3.39. The van der Waals surface area contributed by atoms with E-state index >= 15 is 0 Å². The lowest BCUT2D eigenvalue weighted by molar-refractivity contribution is 0.402. The smallest absolute Gasteiger partial charge is 0.196 e. The molecule has 0 unspecified atom stereocenters. The van der Waals surface area contributed by atoms with Gasteiger partial charge in [0, 0.05) is 39.1 Å². The Kier molecular flexibility index (Phi) is 9.51. The van der Waals surface area contributed by atoms with E-state index in [1.54, 1.807) is 6.92 Å². The Balaban J connectivity index is 0.000000186. The van der Waals surface area contributed by atoms with Gasteiger partial charge < -0.3 is 24.4 Å². The van der Waals surface area contributed by atoms with Crippen molar-refractivity contribution in [2.45, 2.75) is 43.4 Å². The SMILES string of the molecule is CC(C)=CCc1c(O)cc2oc(C)cc(=O)c2c1O.CN(C)CCCN1c2ccccc2Sc2ccc(Cl)cc21. The molecule has 1 aromatic heterocycles. The summed E-state index contributed by atoms with van der Waals surface area (Å²) in [5, 5.41) is 21.0. The van der Waals surface area contributed by atoms with Crippen LogP contribution in [0.5, 0.6) is 11.5 Å². The van der Waals surface area contributed by atoms with Crippen molar-refractivity contribution >= 4 is 45.7 Å². The number of benzene rings is 3. The minimum Gasteiger partial charge on any atom is -0.507 e. The summed E-state index contributed by atoms with van der Waals surface area (Å²) in [5.74, 6) is 0.158. The van der Waals surface area contributed by atoms with E-state index in [1.165, 1.54) is 33.3 Å². The van der Waals surface area contributed by atoms with Gasteiger partial charge in [-0.05, 0) is 84.6 Å². The van der Waals surface area contributed by atoms with Crippen molar-refractivity contribution in [3.8, 4) is 11.5 Å². The molecule has 2 N–H and O–H groups in total. The normalized spacial score (nSPS) is 12.0. The van der Waals surface area contributed by atoms with Gasteiger partial charge in [0.1, 0.15) is 28.2 Å². The highest BCUT2D eigenvalue weighted by Crippen LogP contribution is 2.48. The second kappa shape index (κ2) is 12.9. The van der Waals surface area contributed by atoms with Gasteiger partial charge >= 0.3 is 0 Å². The number of hydrogen-bond acceptors (Lipinski definition) is 7. The molecule has 0 saturated carbocycles. The minimum absolute atomic E-state index is 0.0729. The Labute approximate surface area is 244 Å². The topological polar surface area (TPSA) is 77.1 Å². The first-order valence-corrected chi connectivity index (χ1v) is 14.3. The second-order valence-corrected chi connectivity index (χ2v) is 11.8. The van der Waals surface area contributed by atoms with Crippen molar-refractivity contribution in [3.05, 3.63) is 92.8 Å². The van der Waals surface area contributed by atoms with Gasteiger partial charge in [-0.1, -0.05) is 47.1 Å². The molecule has 40 heavy (non-hydrogen) atoms. The maximum absolute atomic E-state index is 11.9. The molecule has 0 atom stereocenters. The van der Waals surface area contributed by atoms with E-state index in [2.05, 4.69) is 60.3 Å². The minimum atomic E-state index is -0.310. The van der Waals surface area contributed by atoms with Gasteiger partial charge in [-0.25, -0.2) is 0 Å². The summed E-state index contributed by atoms with van der Waals surface area (Å²) in [7, 11) is 4.23. The van der Waals surface area contributed by atoms with E-state index in [0.717, 1.165) is 30.1 Å². The number of phenolic OH excluding ortho intramolecular Hbond substituents is 2. The van der Waals surface area contributed by atoms with E-state index in [0.29, 0.717) is 17.7 Å². The third-order valence-corrected chi connectivity index (χ3v) is 7.85. The predicted molar refractivity (Wildman–Crippen MR) is 166 cm³/mol. The number of anilines is 2. The number of aryl methyl sites for hydroxylation is 1. The summed E-state index contributed by atoms with van der Waals surface area (Å²) < 4.78 is 5.35. The number of hydrogen-bond donors (Lipinski definition) is 2. The van der Waals surface area contributed by atoms with Gasteiger partial charge in [-0.2, -0.15) is 0 Å². The zero-order chi connectivity index (χ0) is 29.0. The summed E-state index contributed by atoms with van der Waals surface area (Å²) in [6, 6.07) is 17.5. The molecular weight excluding hydrogens is 544 g/mol. The molecule has 1 aliphatic heterocycles. The van der Waals surface area contributed by atoms with Gasteiger partial charge in [0.2, 0.25) is 0 Å². The summed E-state index contributed by atoms with van der Waals surface area (Å²) in [5.41, 5.74) is 3.80. The molecule has 0 amide bonds. The number of aromatic hydroxyl groups is 2. The lowest BCUT2D eigenvalue weighted by atomic mass is 10.0. The predicted octanol–water partition coefficient (Wildman–Crippen LogP) is 7.92. The van der Waals surface area contributed by atoms with Crippen LogP contribution < -0.4 is 10.3 Å². The Morgan fingerprint density at radius 1 is 1.05 bits per heavy atom. The Morgan fingerprint density at radius 3 is 2.50 bits per heavy atom. The van der Waals surface area contributed by atoms with Crippen molar-refractivity contribution in [2.75, 3.05) is 32.1 Å². The first-order valence-electron chi connectivity index (χ1n) is 13.2. The molecule has 0 radical (unpaired) electrons. The van der Waals surface area contributed by atoms with Gasteiger partial charge in [-0.15, -0.1) is 0 Å². The molecule has 1 aliphatic rings. The third-order valence-electron chi connectivity index (χ3n) is 6.49. The molecule has 0 bridgehead atoms. The van der Waals surface area contributed by atoms with E-state index in [1.807, 2.05) is 37.8 Å². The van der Waals surface area contributed by atoms with Crippen LogP contribution >= 0.6 is 23.4 Å². The summed E-state index contributed by atoms with van der Waals surface area (Å²) in [4.78, 5) is 19.1. The lowest BCUT2D eigenvalue weighted by Crippen LogP contribution is -2.25. The zero-order valence-corrected chi connectivity index (χ0v) is 25.1. The molecule has 4 aromatic rings. The number of halogens is 1. The first kappa shape index (κ1) is 29.6. The molecule has 210 valence electrons. The number of allylic oxidation sites excluding steroid dienone is 2. The fourth-order valence-electron chi connectivity index (χ4n) is 4.55. The largest absolute Gasteiger partial charge is 0.507 e. The zero-order valence-electron chi connectivity index (χ0n) is 23.5. The average molecular weight is 579 g/mol. The first-order chi connectivity index (χ1) is 19.0. The highest BCUT2D eigenvalue weighted by Gasteiger charge is 2.23. The van der Waals surface area contributed by atoms with Crippen LogP contribution in [0.2, 0.25) is 5.02 Å². The summed E-state index contributed by atoms with van der Waals surface area (Å²) in [6.45, 7) is 7.58.